The molecule has 0 aromatic heterocycles. The normalized spacial score (nSPS) is 10.2. The van der Waals surface area contributed by atoms with Gasteiger partial charge in [0.25, 0.3) is 0 Å². The molecule has 0 saturated carbocycles. The van der Waals surface area contributed by atoms with Crippen LogP contribution in [0.3, 0.4) is 0 Å². The molecule has 0 aromatic rings. The van der Waals surface area contributed by atoms with E-state index in [-0.39, 0.29) is 102 Å². The molecule has 0 saturated heterocycles. The Morgan fingerprint density at radius 2 is 1.00 bits per heavy atom. The molecule has 11 nitrogen and oxygen atoms in total. The predicted molar refractivity (Wildman–Crippen MR) is 57.4 cm³/mol. The van der Waals surface area contributed by atoms with Crippen LogP contribution < -0.4 is 59.1 Å². The van der Waals surface area contributed by atoms with Crippen molar-refractivity contribution in [2.24, 2.45) is 0 Å². The van der Waals surface area contributed by atoms with Crippen LogP contribution in [0.1, 0.15) is 2.85 Å². The van der Waals surface area contributed by atoms with Crippen molar-refractivity contribution >= 4 is 7.82 Å². The summed E-state index contributed by atoms with van der Waals surface area (Å²) in [6.07, 6.45) is 0. The molecule has 0 radical (unpaired) electrons. The first-order valence-corrected chi connectivity index (χ1v) is 6.21. The van der Waals surface area contributed by atoms with Crippen LogP contribution in [0.2, 0.25) is 0 Å². The molecule has 6 N–H and O–H groups in total. The summed E-state index contributed by atoms with van der Waals surface area (Å²) in [7, 11) is -4.64. The molecule has 0 fully saturated rings. The number of nitrogens with zero attached hydrogens (tertiary/aromatic N) is 1. The zero-order valence-electron chi connectivity index (χ0n) is 13.5. The molecule has 0 heterocycles. The topological polar surface area (TPSA) is 169 Å². The Balaban J connectivity index is -0.0000000627. The van der Waals surface area contributed by atoms with E-state index in [0.29, 0.717) is 5.39 Å². The van der Waals surface area contributed by atoms with E-state index in [9.17, 15) is 0 Å². The van der Waals surface area contributed by atoms with Crippen molar-refractivity contribution in [1.82, 2.24) is 5.39 Å². The maximum Gasteiger partial charge on any atom is 1.00 e. The summed E-state index contributed by atoms with van der Waals surface area (Å²) in [4.78, 5) is 35.7. The van der Waals surface area contributed by atoms with Crippen molar-refractivity contribution < 1.29 is 111 Å². The Bertz CT molecular complexity index is 202. The molecule has 20 heavy (non-hydrogen) atoms. The average molecular weight is 343 g/mol. The van der Waals surface area contributed by atoms with Crippen molar-refractivity contribution in [3.8, 4) is 0 Å². The van der Waals surface area contributed by atoms with Crippen LogP contribution in [0.25, 0.3) is 0 Å². The van der Waals surface area contributed by atoms with Gasteiger partial charge in [-0.15, -0.1) is 0 Å². The van der Waals surface area contributed by atoms with Crippen LogP contribution in [0.5, 0.6) is 0 Å². The molecule has 0 unspecified atom stereocenters. The number of hydrogen-bond donors (Lipinski definition) is 6. The molecular weight excluding hydrogens is 323 g/mol. The van der Waals surface area contributed by atoms with E-state index in [1.54, 1.807) is 0 Å². The Kier molecular flexibility index (Phi) is 31.0. The molecule has 0 atom stereocenters. The van der Waals surface area contributed by atoms with Gasteiger partial charge in [-0.1, -0.05) is 0 Å². The van der Waals surface area contributed by atoms with Crippen LogP contribution in [0, 0.1) is 0 Å². The van der Waals surface area contributed by atoms with Crippen LogP contribution in [0.15, 0.2) is 0 Å². The van der Waals surface area contributed by atoms with Gasteiger partial charge in [-0.2, -0.15) is 0 Å². The molecule has 0 spiro atoms. The number of phosphoric acid groups is 1. The molecule has 0 aliphatic carbocycles. The number of aliphatic hydroxyl groups is 3. The quantitative estimate of drug-likeness (QED) is 0.133. The third-order valence-corrected chi connectivity index (χ3v) is 0.864. The number of aliphatic hydroxyl groups excluding tert-OH is 3. The zero-order chi connectivity index (χ0) is 14.4. The fourth-order valence-electron chi connectivity index (χ4n) is 0.458. The molecule has 0 bridgehead atoms. The Hall–Kier alpha value is 1.83. The zero-order valence-corrected chi connectivity index (χ0v) is 16.3. The van der Waals surface area contributed by atoms with Crippen molar-refractivity contribution in [2.75, 3.05) is 39.6 Å². The van der Waals surface area contributed by atoms with Crippen molar-refractivity contribution in [1.29, 1.82) is 0 Å². The minimum atomic E-state index is -4.64. The summed E-state index contributed by atoms with van der Waals surface area (Å²) in [5.41, 5.74) is 0. The smallest absolute Gasteiger partial charge is 1.00 e. The molecular formula is C6H20NNa2O10P. The summed E-state index contributed by atoms with van der Waals surface area (Å²) in [6, 6.07) is 0. The van der Waals surface area contributed by atoms with Gasteiger partial charge in [-0.3, -0.25) is 0 Å². The Morgan fingerprint density at radius 1 is 0.800 bits per heavy atom. The fraction of sp³-hybridized carbons (Fsp3) is 1.00. The van der Waals surface area contributed by atoms with Gasteiger partial charge in [0.05, 0.1) is 45.0 Å². The van der Waals surface area contributed by atoms with Crippen LogP contribution in [-0.2, 0) is 19.1 Å². The summed E-state index contributed by atoms with van der Waals surface area (Å²) in [5.74, 6) is 0. The molecule has 0 amide bonds. The van der Waals surface area contributed by atoms with Crippen molar-refractivity contribution in [3.63, 3.8) is 0 Å². The minimum absolute atomic E-state index is 0. The van der Waals surface area contributed by atoms with Gasteiger partial charge in [0.15, 0.2) is 0 Å². The van der Waals surface area contributed by atoms with Crippen LogP contribution in [0.4, 0.5) is 0 Å². The predicted octanol–water partition coefficient (Wildman–Crippen LogP) is -8.64. The first-order chi connectivity index (χ1) is 8.35. The van der Waals surface area contributed by atoms with Gasteiger partial charge < -0.3 is 32.9 Å². The molecule has 0 aromatic carbocycles. The van der Waals surface area contributed by atoms with Gasteiger partial charge in [0.1, 0.15) is 0 Å². The SMILES string of the molecule is O=P(O)(O)O.OCCON(OCCO)OCCO.[H-].[H-].[Na+].[Na+]. The van der Waals surface area contributed by atoms with Crippen molar-refractivity contribution in [3.05, 3.63) is 0 Å². The number of rotatable bonds is 9. The Morgan fingerprint density at radius 3 is 1.15 bits per heavy atom. The van der Waals surface area contributed by atoms with Gasteiger partial charge in [-0.25, -0.2) is 19.1 Å². The summed E-state index contributed by atoms with van der Waals surface area (Å²) in [5, 5.41) is 25.9. The minimum Gasteiger partial charge on any atom is -1.00 e. The maximum absolute atomic E-state index is 8.88. The van der Waals surface area contributed by atoms with Gasteiger partial charge in [0, 0.05) is 0 Å². The second-order valence-electron chi connectivity index (χ2n) is 2.41. The van der Waals surface area contributed by atoms with Gasteiger partial charge >= 0.3 is 66.9 Å². The first kappa shape index (κ1) is 29.8. The van der Waals surface area contributed by atoms with Crippen LogP contribution in [-0.4, -0.2) is 75.0 Å². The van der Waals surface area contributed by atoms with E-state index in [1.165, 1.54) is 0 Å². The van der Waals surface area contributed by atoms with Gasteiger partial charge in [-0.05, 0) is 0 Å². The molecule has 14 heteroatoms. The third kappa shape index (κ3) is 36.8. The standard InChI is InChI=1S/C6H15NO6.2Na.H3O4P.2H/c8-1-4-11-7(12-5-2-9)13-6-3-10;;;1-5(2,3)4;;/h8-10H,1-6H2;;;(H3,1,2,3,4);;/q;2*+1;;2*-1. The second-order valence-corrected chi connectivity index (χ2v) is 3.43. The van der Waals surface area contributed by atoms with E-state index in [1.807, 2.05) is 0 Å². The Labute approximate surface area is 163 Å². The maximum atomic E-state index is 8.88. The van der Waals surface area contributed by atoms with Gasteiger partial charge in [0.2, 0.25) is 0 Å². The molecule has 0 aliphatic heterocycles. The monoisotopic (exact) mass is 343 g/mol. The van der Waals surface area contributed by atoms with Crippen LogP contribution >= 0.6 is 7.82 Å². The molecule has 0 rings (SSSR count). The average Bonchev–Trinajstić information content (AvgIpc) is 2.26. The number of hydrogen-bond acceptors (Lipinski definition) is 8. The second kappa shape index (κ2) is 20.8. The molecule has 0 aliphatic rings. The van der Waals surface area contributed by atoms with E-state index in [2.05, 4.69) is 0 Å². The summed E-state index contributed by atoms with van der Waals surface area (Å²) < 4.78 is 8.88. The fourth-order valence-corrected chi connectivity index (χ4v) is 0.458. The van der Waals surface area contributed by atoms with E-state index >= 15 is 0 Å². The first-order valence-electron chi connectivity index (χ1n) is 4.65. The summed E-state index contributed by atoms with van der Waals surface area (Å²) in [6.45, 7) is -0.505. The third-order valence-electron chi connectivity index (χ3n) is 0.864. The van der Waals surface area contributed by atoms with Crippen molar-refractivity contribution in [2.45, 2.75) is 0 Å². The van der Waals surface area contributed by atoms with E-state index in [4.69, 9.17) is 49.1 Å². The van der Waals surface area contributed by atoms with E-state index < -0.39 is 7.82 Å². The van der Waals surface area contributed by atoms with E-state index in [0.717, 1.165) is 0 Å². The largest absolute Gasteiger partial charge is 1.00 e. The molecule has 116 valence electrons. The summed E-state index contributed by atoms with van der Waals surface area (Å²) >= 11 is 0.